The monoisotopic (exact) mass is 270 g/mol. The van der Waals surface area contributed by atoms with Crippen LogP contribution < -0.4 is 0 Å². The van der Waals surface area contributed by atoms with Gasteiger partial charge >= 0.3 is 0 Å². The van der Waals surface area contributed by atoms with Crippen molar-refractivity contribution < 1.29 is 18.0 Å². The second-order valence-electron chi connectivity index (χ2n) is 5.36. The fourth-order valence-corrected chi connectivity index (χ4v) is 2.67. The summed E-state index contributed by atoms with van der Waals surface area (Å²) in [6.45, 7) is 0. The molecule has 0 N–H and O–H groups in total. The second-order valence-corrected chi connectivity index (χ2v) is 5.36. The third kappa shape index (κ3) is 4.37. The van der Waals surface area contributed by atoms with E-state index < -0.39 is 5.92 Å². The van der Waals surface area contributed by atoms with Crippen LogP contribution in [-0.2, 0) is 11.2 Å². The Morgan fingerprint density at radius 2 is 1.95 bits per heavy atom. The maximum Gasteiger partial charge on any atom is 0.248 e. The number of ketones is 1. The highest BCUT2D eigenvalue weighted by Crippen LogP contribution is 2.38. The molecule has 1 atom stereocenters. The van der Waals surface area contributed by atoms with Crippen LogP contribution in [0.15, 0.2) is 24.3 Å². The largest absolute Gasteiger partial charge is 0.299 e. The van der Waals surface area contributed by atoms with E-state index in [1.807, 2.05) is 0 Å². The summed E-state index contributed by atoms with van der Waals surface area (Å²) < 4.78 is 39.2. The summed E-state index contributed by atoms with van der Waals surface area (Å²) >= 11 is 0. The fourth-order valence-electron chi connectivity index (χ4n) is 2.67. The predicted octanol–water partition coefficient (Wildman–Crippen LogP) is 4.15. The molecule has 1 aliphatic carbocycles. The Kier molecular flexibility index (Phi) is 4.27. The quantitative estimate of drug-likeness (QED) is 0.803. The number of carbonyl (C=O) groups is 1. The van der Waals surface area contributed by atoms with E-state index in [0.29, 0.717) is 12.8 Å². The number of hydrogen-bond acceptors (Lipinski definition) is 1. The average molecular weight is 270 g/mol. The highest BCUT2D eigenvalue weighted by molar-refractivity contribution is 5.81. The summed E-state index contributed by atoms with van der Waals surface area (Å²) in [4.78, 5) is 11.8. The van der Waals surface area contributed by atoms with Crippen LogP contribution in [0, 0.1) is 11.7 Å². The molecule has 1 fully saturated rings. The Morgan fingerprint density at radius 1 is 1.26 bits per heavy atom. The van der Waals surface area contributed by atoms with Crippen molar-refractivity contribution in [3.8, 4) is 0 Å². The van der Waals surface area contributed by atoms with Gasteiger partial charge in [-0.05, 0) is 36.5 Å². The summed E-state index contributed by atoms with van der Waals surface area (Å²) in [5.41, 5.74) is 0.731. The lowest BCUT2D eigenvalue weighted by Crippen LogP contribution is -2.27. The third-order valence-electron chi connectivity index (χ3n) is 3.57. The molecule has 1 aromatic carbocycles. The molecule has 0 aliphatic heterocycles. The van der Waals surface area contributed by atoms with Crippen molar-refractivity contribution in [2.24, 2.45) is 5.92 Å². The number of hydrogen-bond donors (Lipinski definition) is 0. The van der Waals surface area contributed by atoms with Crippen LogP contribution in [0.4, 0.5) is 13.2 Å². The van der Waals surface area contributed by atoms with Gasteiger partial charge in [-0.25, -0.2) is 13.2 Å². The van der Waals surface area contributed by atoms with Crippen molar-refractivity contribution >= 4 is 5.78 Å². The minimum atomic E-state index is -2.61. The van der Waals surface area contributed by atoms with Gasteiger partial charge in [-0.15, -0.1) is 0 Å². The average Bonchev–Trinajstić information content (AvgIpc) is 2.30. The summed E-state index contributed by atoms with van der Waals surface area (Å²) in [5, 5.41) is 0. The first kappa shape index (κ1) is 14.1. The molecule has 1 nitrogen and oxygen atoms in total. The molecule has 0 spiro atoms. The van der Waals surface area contributed by atoms with E-state index in [4.69, 9.17) is 0 Å². The first-order valence-corrected chi connectivity index (χ1v) is 6.58. The molecular weight excluding hydrogens is 253 g/mol. The molecule has 0 amide bonds. The highest BCUT2D eigenvalue weighted by Gasteiger charge is 2.36. The van der Waals surface area contributed by atoms with Crippen LogP contribution in [0.1, 0.15) is 37.7 Å². The van der Waals surface area contributed by atoms with Crippen LogP contribution in [0.3, 0.4) is 0 Å². The van der Waals surface area contributed by atoms with E-state index in [1.165, 1.54) is 12.1 Å². The Balaban J connectivity index is 1.85. The molecule has 19 heavy (non-hydrogen) atoms. The van der Waals surface area contributed by atoms with Gasteiger partial charge in [0.25, 0.3) is 0 Å². The lowest BCUT2D eigenvalue weighted by Gasteiger charge is -2.28. The Bertz CT molecular complexity index is 439. The summed E-state index contributed by atoms with van der Waals surface area (Å²) in [6.07, 6.45) is 1.35. The Morgan fingerprint density at radius 3 is 2.58 bits per heavy atom. The smallest absolute Gasteiger partial charge is 0.248 e. The van der Waals surface area contributed by atoms with Gasteiger partial charge < -0.3 is 0 Å². The van der Waals surface area contributed by atoms with Gasteiger partial charge in [0.15, 0.2) is 0 Å². The van der Waals surface area contributed by atoms with Gasteiger partial charge in [-0.3, -0.25) is 4.79 Å². The minimum Gasteiger partial charge on any atom is -0.299 e. The molecule has 0 aromatic heterocycles. The predicted molar refractivity (Wildman–Crippen MR) is 66.6 cm³/mol. The number of halogens is 3. The zero-order valence-corrected chi connectivity index (χ0v) is 10.7. The van der Waals surface area contributed by atoms with E-state index in [0.717, 1.165) is 5.56 Å². The maximum atomic E-state index is 13.2. The molecular formula is C15H17F3O. The van der Waals surface area contributed by atoms with E-state index in [1.54, 1.807) is 12.1 Å². The fraction of sp³-hybridized carbons (Fsp3) is 0.533. The maximum absolute atomic E-state index is 13.2. The van der Waals surface area contributed by atoms with Crippen molar-refractivity contribution in [2.75, 3.05) is 0 Å². The van der Waals surface area contributed by atoms with Gasteiger partial charge in [0.1, 0.15) is 11.6 Å². The molecule has 2 rings (SSSR count). The molecule has 0 bridgehead atoms. The van der Waals surface area contributed by atoms with Crippen LogP contribution in [0.25, 0.3) is 0 Å². The van der Waals surface area contributed by atoms with E-state index in [2.05, 4.69) is 0 Å². The van der Waals surface area contributed by atoms with Crippen molar-refractivity contribution in [1.82, 2.24) is 0 Å². The molecule has 0 saturated heterocycles. The summed E-state index contributed by atoms with van der Waals surface area (Å²) in [7, 11) is 0. The molecule has 0 heterocycles. The van der Waals surface area contributed by atoms with E-state index in [-0.39, 0.29) is 43.2 Å². The molecule has 1 unspecified atom stereocenters. The first-order valence-electron chi connectivity index (χ1n) is 6.58. The van der Waals surface area contributed by atoms with Gasteiger partial charge in [-0.2, -0.15) is 0 Å². The summed E-state index contributed by atoms with van der Waals surface area (Å²) in [5.74, 6) is -3.21. The molecule has 104 valence electrons. The van der Waals surface area contributed by atoms with Crippen LogP contribution in [-0.4, -0.2) is 11.7 Å². The van der Waals surface area contributed by atoms with Crippen molar-refractivity contribution in [2.45, 2.75) is 44.4 Å². The van der Waals surface area contributed by atoms with E-state index in [9.17, 15) is 18.0 Å². The number of benzene rings is 1. The molecule has 1 aliphatic rings. The molecule has 1 saturated carbocycles. The zero-order valence-electron chi connectivity index (χ0n) is 10.7. The van der Waals surface area contributed by atoms with Crippen molar-refractivity contribution in [1.29, 1.82) is 0 Å². The third-order valence-corrected chi connectivity index (χ3v) is 3.57. The Labute approximate surface area is 110 Å². The molecule has 1 aromatic rings. The van der Waals surface area contributed by atoms with Gasteiger partial charge in [-0.1, -0.05) is 12.1 Å². The zero-order chi connectivity index (χ0) is 13.9. The molecule has 0 radical (unpaired) electrons. The lowest BCUT2D eigenvalue weighted by atomic mass is 9.83. The number of Topliss-reactive ketones (excluding diaryl/α,β-unsaturated/α-hetero) is 1. The number of carbonyl (C=O) groups excluding carboxylic acids is 1. The summed E-state index contributed by atoms with van der Waals surface area (Å²) in [6, 6.07) is 5.72. The van der Waals surface area contributed by atoms with Gasteiger partial charge in [0.2, 0.25) is 5.92 Å². The van der Waals surface area contributed by atoms with Gasteiger partial charge in [0.05, 0.1) is 0 Å². The standard InChI is InChI=1S/C15H17F3O/c16-13-5-3-11(4-6-13)8-14(19)9-12-2-1-7-15(17,18)10-12/h3-6,12H,1-2,7-10H2. The van der Waals surface area contributed by atoms with Crippen LogP contribution in [0.2, 0.25) is 0 Å². The number of alkyl halides is 2. The Hall–Kier alpha value is -1.32. The topological polar surface area (TPSA) is 17.1 Å². The second kappa shape index (κ2) is 5.76. The minimum absolute atomic E-state index is 0.0469. The van der Waals surface area contributed by atoms with Crippen LogP contribution in [0.5, 0.6) is 0 Å². The normalized spacial score (nSPS) is 22.2. The number of rotatable bonds is 4. The van der Waals surface area contributed by atoms with Crippen LogP contribution >= 0.6 is 0 Å². The lowest BCUT2D eigenvalue weighted by molar-refractivity contribution is -0.121. The van der Waals surface area contributed by atoms with Crippen molar-refractivity contribution in [3.05, 3.63) is 35.6 Å². The van der Waals surface area contributed by atoms with E-state index >= 15 is 0 Å². The SMILES string of the molecule is O=C(Cc1ccc(F)cc1)CC1CCCC(F)(F)C1. The molecule has 4 heteroatoms. The van der Waals surface area contributed by atoms with Gasteiger partial charge in [0, 0.05) is 25.7 Å². The van der Waals surface area contributed by atoms with Crippen molar-refractivity contribution in [3.63, 3.8) is 0 Å². The highest BCUT2D eigenvalue weighted by atomic mass is 19.3. The first-order chi connectivity index (χ1) is 8.94.